The molecule has 0 atom stereocenters. The number of primary amides is 1. The number of thiocarbonyl (C=S) groups is 1. The van der Waals surface area contributed by atoms with Crippen molar-refractivity contribution in [2.75, 3.05) is 11.4 Å². The van der Waals surface area contributed by atoms with Crippen LogP contribution in [0.4, 0.5) is 5.82 Å². The molecule has 1 aromatic rings. The van der Waals surface area contributed by atoms with E-state index in [1.54, 1.807) is 18.3 Å². The van der Waals surface area contributed by atoms with Gasteiger partial charge in [-0.15, -0.1) is 0 Å². The lowest BCUT2D eigenvalue weighted by molar-refractivity contribution is 0.100. The van der Waals surface area contributed by atoms with Gasteiger partial charge >= 0.3 is 0 Å². The molecule has 1 aromatic heterocycles. The van der Waals surface area contributed by atoms with E-state index in [2.05, 4.69) is 9.88 Å². The Hall–Kier alpha value is -1.69. The van der Waals surface area contributed by atoms with Gasteiger partial charge in [0.2, 0.25) is 0 Å². The summed E-state index contributed by atoms with van der Waals surface area (Å²) in [5.74, 6) is 0.183. The first-order valence-corrected chi connectivity index (χ1v) is 6.30. The average molecular weight is 264 g/mol. The highest BCUT2D eigenvalue weighted by Crippen LogP contribution is 2.32. The number of anilines is 1. The number of hydrogen-bond donors (Lipinski definition) is 2. The summed E-state index contributed by atoms with van der Waals surface area (Å²) in [5.41, 5.74) is 11.4. The number of nitrogens with two attached hydrogens (primary N) is 2. The summed E-state index contributed by atoms with van der Waals surface area (Å²) in [7, 11) is 0. The third-order valence-corrected chi connectivity index (χ3v) is 3.12. The molecule has 1 heterocycles. The Balaban J connectivity index is 2.24. The molecule has 0 aromatic carbocycles. The van der Waals surface area contributed by atoms with Gasteiger partial charge in [-0.1, -0.05) is 12.2 Å². The molecule has 1 aliphatic rings. The Kier molecular flexibility index (Phi) is 3.76. The minimum Gasteiger partial charge on any atom is -0.393 e. The average Bonchev–Trinajstić information content (AvgIpc) is 3.14. The molecular formula is C12H16N4OS. The van der Waals surface area contributed by atoms with E-state index in [-0.39, 0.29) is 0 Å². The second kappa shape index (κ2) is 5.30. The van der Waals surface area contributed by atoms with Crippen molar-refractivity contribution in [3.63, 3.8) is 0 Å². The number of hydrogen-bond acceptors (Lipinski definition) is 4. The fourth-order valence-corrected chi connectivity index (χ4v) is 1.99. The molecule has 0 saturated heterocycles. The van der Waals surface area contributed by atoms with Crippen LogP contribution >= 0.6 is 12.2 Å². The topological polar surface area (TPSA) is 85.2 Å². The Morgan fingerprint density at radius 2 is 2.22 bits per heavy atom. The van der Waals surface area contributed by atoms with Gasteiger partial charge in [0.1, 0.15) is 5.82 Å². The van der Waals surface area contributed by atoms with Crippen LogP contribution in [0.25, 0.3) is 0 Å². The van der Waals surface area contributed by atoms with Gasteiger partial charge in [-0.2, -0.15) is 0 Å². The molecule has 1 saturated carbocycles. The molecule has 5 nitrogen and oxygen atoms in total. The largest absolute Gasteiger partial charge is 0.393 e. The van der Waals surface area contributed by atoms with Crippen molar-refractivity contribution in [1.29, 1.82) is 0 Å². The van der Waals surface area contributed by atoms with E-state index < -0.39 is 5.91 Å². The third-order valence-electron chi connectivity index (χ3n) is 2.91. The maximum Gasteiger partial charge on any atom is 0.252 e. The number of rotatable bonds is 6. The number of nitrogens with zero attached hydrogens (tertiary/aromatic N) is 2. The first kappa shape index (κ1) is 12.8. The van der Waals surface area contributed by atoms with Gasteiger partial charge in [0.25, 0.3) is 5.91 Å². The zero-order chi connectivity index (χ0) is 13.1. The van der Waals surface area contributed by atoms with E-state index >= 15 is 0 Å². The Labute approximate surface area is 111 Å². The minimum absolute atomic E-state index is 0.423. The highest BCUT2D eigenvalue weighted by Gasteiger charge is 2.31. The first-order chi connectivity index (χ1) is 8.59. The van der Waals surface area contributed by atoms with Crippen molar-refractivity contribution in [1.82, 2.24) is 4.98 Å². The van der Waals surface area contributed by atoms with E-state index in [0.717, 1.165) is 12.8 Å². The standard InChI is InChI=1S/C12H16N4OS/c13-10(18)5-7-16(8-3-4-8)12-9(11(14)17)2-1-6-15-12/h1-2,6,8H,3-5,7H2,(H2,13,18)(H2,14,17). The first-order valence-electron chi connectivity index (χ1n) is 5.89. The van der Waals surface area contributed by atoms with Gasteiger partial charge in [0, 0.05) is 25.2 Å². The summed E-state index contributed by atoms with van der Waals surface area (Å²) >= 11 is 4.89. The quantitative estimate of drug-likeness (QED) is 0.743. The second-order valence-electron chi connectivity index (χ2n) is 4.38. The second-order valence-corrected chi connectivity index (χ2v) is 4.90. The molecule has 0 unspecified atom stereocenters. The van der Waals surface area contributed by atoms with Crippen LogP contribution in [0.15, 0.2) is 18.3 Å². The van der Waals surface area contributed by atoms with Crippen LogP contribution in [-0.2, 0) is 0 Å². The molecule has 0 spiro atoms. The van der Waals surface area contributed by atoms with Crippen molar-refractivity contribution < 1.29 is 4.79 Å². The molecule has 2 rings (SSSR count). The molecule has 1 aliphatic carbocycles. The van der Waals surface area contributed by atoms with E-state index in [4.69, 9.17) is 23.7 Å². The summed E-state index contributed by atoms with van der Waals surface area (Å²) in [4.78, 5) is 18.2. The zero-order valence-electron chi connectivity index (χ0n) is 10.0. The smallest absolute Gasteiger partial charge is 0.252 e. The number of carbonyl (C=O) groups excluding carboxylic acids is 1. The van der Waals surface area contributed by atoms with Gasteiger partial charge in [-0.3, -0.25) is 4.79 Å². The summed E-state index contributed by atoms with van der Waals surface area (Å²) in [6.07, 6.45) is 4.48. The van der Waals surface area contributed by atoms with Gasteiger partial charge in [0.05, 0.1) is 10.6 Å². The van der Waals surface area contributed by atoms with Gasteiger partial charge in [-0.25, -0.2) is 4.98 Å². The lowest BCUT2D eigenvalue weighted by atomic mass is 10.2. The zero-order valence-corrected chi connectivity index (χ0v) is 10.8. The van der Waals surface area contributed by atoms with Crippen molar-refractivity contribution >= 4 is 28.9 Å². The highest BCUT2D eigenvalue weighted by atomic mass is 32.1. The monoisotopic (exact) mass is 264 g/mol. The summed E-state index contributed by atoms with van der Waals surface area (Å²) in [5, 5.41) is 0. The number of aromatic nitrogens is 1. The van der Waals surface area contributed by atoms with Crippen LogP contribution < -0.4 is 16.4 Å². The Bertz CT molecular complexity index is 473. The van der Waals surface area contributed by atoms with Crippen molar-refractivity contribution in [2.45, 2.75) is 25.3 Å². The van der Waals surface area contributed by atoms with Crippen LogP contribution in [0.2, 0.25) is 0 Å². The van der Waals surface area contributed by atoms with E-state index in [9.17, 15) is 4.79 Å². The fraction of sp³-hybridized carbons (Fsp3) is 0.417. The van der Waals surface area contributed by atoms with Gasteiger partial charge in [-0.05, 0) is 25.0 Å². The molecule has 0 radical (unpaired) electrons. The number of pyridine rings is 1. The SMILES string of the molecule is NC(=O)c1cccnc1N(CCC(N)=S)C1CC1. The van der Waals surface area contributed by atoms with Crippen molar-refractivity contribution in [3.8, 4) is 0 Å². The fourth-order valence-electron chi connectivity index (χ4n) is 1.90. The maximum atomic E-state index is 11.4. The summed E-state index contributed by atoms with van der Waals surface area (Å²) in [6, 6.07) is 3.83. The van der Waals surface area contributed by atoms with Crippen LogP contribution in [0.3, 0.4) is 0 Å². The van der Waals surface area contributed by atoms with Crippen LogP contribution in [-0.4, -0.2) is 28.5 Å². The lowest BCUT2D eigenvalue weighted by Crippen LogP contribution is -2.32. The van der Waals surface area contributed by atoms with Gasteiger partial charge in [0.15, 0.2) is 0 Å². The molecule has 1 fully saturated rings. The number of carbonyl (C=O) groups is 1. The number of amides is 1. The molecule has 1 amide bonds. The van der Waals surface area contributed by atoms with Crippen LogP contribution in [0.5, 0.6) is 0 Å². The van der Waals surface area contributed by atoms with E-state index in [1.165, 1.54) is 0 Å². The predicted molar refractivity (Wildman–Crippen MR) is 74.5 cm³/mol. The summed E-state index contributed by atoms with van der Waals surface area (Å²) in [6.45, 7) is 0.678. The molecule has 96 valence electrons. The normalized spacial score (nSPS) is 14.2. The van der Waals surface area contributed by atoms with E-state index in [0.29, 0.717) is 35.4 Å². The molecule has 6 heteroatoms. The third kappa shape index (κ3) is 2.95. The predicted octanol–water partition coefficient (Wildman–Crippen LogP) is 0.826. The van der Waals surface area contributed by atoms with Crippen LogP contribution in [0.1, 0.15) is 29.6 Å². The Morgan fingerprint density at radius 3 is 2.78 bits per heavy atom. The molecule has 18 heavy (non-hydrogen) atoms. The van der Waals surface area contributed by atoms with Gasteiger partial charge < -0.3 is 16.4 Å². The van der Waals surface area contributed by atoms with Crippen LogP contribution in [0, 0.1) is 0 Å². The highest BCUT2D eigenvalue weighted by molar-refractivity contribution is 7.80. The molecule has 4 N–H and O–H groups in total. The molecular weight excluding hydrogens is 248 g/mol. The molecule has 0 bridgehead atoms. The summed E-state index contributed by atoms with van der Waals surface area (Å²) < 4.78 is 0. The van der Waals surface area contributed by atoms with E-state index in [1.807, 2.05) is 0 Å². The minimum atomic E-state index is -0.459. The molecule has 0 aliphatic heterocycles. The maximum absolute atomic E-state index is 11.4. The lowest BCUT2D eigenvalue weighted by Gasteiger charge is -2.24. The Morgan fingerprint density at radius 1 is 1.50 bits per heavy atom. The van der Waals surface area contributed by atoms with Crippen molar-refractivity contribution in [3.05, 3.63) is 23.9 Å². The van der Waals surface area contributed by atoms with Crippen molar-refractivity contribution in [2.24, 2.45) is 11.5 Å².